The number of nitrogens with one attached hydrogen (secondary N) is 1. The molecule has 6 nitrogen and oxygen atoms in total. The molecule has 3 N–H and O–H groups in total. The van der Waals surface area contributed by atoms with E-state index in [1.807, 2.05) is 19.1 Å². The molecular formula is C14H14N4O2S. The van der Waals surface area contributed by atoms with E-state index in [9.17, 15) is 8.42 Å². The summed E-state index contributed by atoms with van der Waals surface area (Å²) in [7, 11) is -3.80. The second kappa shape index (κ2) is 5.91. The first-order chi connectivity index (χ1) is 9.94. The first kappa shape index (κ1) is 15.0. The van der Waals surface area contributed by atoms with E-state index in [-0.39, 0.29) is 17.0 Å². The highest BCUT2D eigenvalue weighted by Gasteiger charge is 2.19. The van der Waals surface area contributed by atoms with Gasteiger partial charge in [0.15, 0.2) is 0 Å². The fraction of sp³-hybridized carbons (Fsp3) is 0.143. The maximum Gasteiger partial charge on any atom is 0.242 e. The molecule has 0 saturated heterocycles. The molecular weight excluding hydrogens is 288 g/mol. The molecule has 7 heteroatoms. The summed E-state index contributed by atoms with van der Waals surface area (Å²) in [5.74, 6) is 0. The van der Waals surface area contributed by atoms with Gasteiger partial charge in [0, 0.05) is 11.9 Å². The quantitative estimate of drug-likeness (QED) is 0.828. The third kappa shape index (κ3) is 3.37. The fourth-order valence-electron chi connectivity index (χ4n) is 1.81. The molecule has 21 heavy (non-hydrogen) atoms. The lowest BCUT2D eigenvalue weighted by atomic mass is 10.2. The van der Waals surface area contributed by atoms with E-state index in [2.05, 4.69) is 9.71 Å². The van der Waals surface area contributed by atoms with E-state index in [0.717, 1.165) is 5.56 Å². The minimum Gasteiger partial charge on any atom is -0.399 e. The molecule has 2 aromatic rings. The van der Waals surface area contributed by atoms with Crippen LogP contribution in [0.1, 0.15) is 16.8 Å². The molecule has 0 fully saturated rings. The molecule has 1 heterocycles. The molecule has 0 bridgehead atoms. The number of rotatable bonds is 4. The number of pyridine rings is 1. The summed E-state index contributed by atoms with van der Waals surface area (Å²) in [5.41, 5.74) is 7.43. The van der Waals surface area contributed by atoms with Crippen LogP contribution in [0.2, 0.25) is 0 Å². The van der Waals surface area contributed by atoms with Gasteiger partial charge in [-0.1, -0.05) is 6.07 Å². The van der Waals surface area contributed by atoms with Crippen molar-refractivity contribution < 1.29 is 8.42 Å². The molecule has 0 aliphatic rings. The molecule has 1 aromatic heterocycles. The summed E-state index contributed by atoms with van der Waals surface area (Å²) in [6.45, 7) is 1.91. The molecule has 0 saturated carbocycles. The van der Waals surface area contributed by atoms with Gasteiger partial charge in [-0.05, 0) is 36.8 Å². The third-order valence-electron chi connectivity index (χ3n) is 2.96. The largest absolute Gasteiger partial charge is 0.399 e. The van der Waals surface area contributed by atoms with Gasteiger partial charge in [-0.25, -0.2) is 13.1 Å². The summed E-state index contributed by atoms with van der Waals surface area (Å²) in [5, 5.41) is 9.03. The van der Waals surface area contributed by atoms with Crippen LogP contribution >= 0.6 is 0 Å². The maximum atomic E-state index is 12.3. The molecule has 0 aliphatic carbocycles. The zero-order valence-electron chi connectivity index (χ0n) is 11.4. The van der Waals surface area contributed by atoms with E-state index >= 15 is 0 Å². The predicted molar refractivity (Wildman–Crippen MR) is 78.6 cm³/mol. The number of anilines is 1. The Hall–Kier alpha value is -2.43. The standard InChI is InChI=1S/C14H14N4O2S/c1-10-3-2-6-17-13(10)9-18-21(19,20)14-5-4-12(16)7-11(14)8-15/h2-7,18H,9,16H2,1H3. The molecule has 0 aliphatic heterocycles. The second-order valence-corrected chi connectivity index (χ2v) is 6.19. The molecule has 0 spiro atoms. The van der Waals surface area contributed by atoms with E-state index in [4.69, 9.17) is 11.0 Å². The maximum absolute atomic E-state index is 12.3. The number of aryl methyl sites for hydroxylation is 1. The molecule has 0 atom stereocenters. The van der Waals surface area contributed by atoms with Crippen molar-refractivity contribution in [3.63, 3.8) is 0 Å². The monoisotopic (exact) mass is 302 g/mol. The predicted octanol–water partition coefficient (Wildman–Crippen LogP) is 1.32. The molecule has 0 amide bonds. The summed E-state index contributed by atoms with van der Waals surface area (Å²) < 4.78 is 27.0. The van der Waals surface area contributed by atoms with Gasteiger partial charge in [0.25, 0.3) is 0 Å². The lowest BCUT2D eigenvalue weighted by Gasteiger charge is -2.09. The molecule has 0 unspecified atom stereocenters. The Labute approximate surface area is 123 Å². The zero-order chi connectivity index (χ0) is 15.5. The van der Waals surface area contributed by atoms with Crippen LogP contribution in [0, 0.1) is 18.3 Å². The van der Waals surface area contributed by atoms with Gasteiger partial charge in [0.2, 0.25) is 10.0 Å². The van der Waals surface area contributed by atoms with E-state index in [1.165, 1.54) is 18.2 Å². The summed E-state index contributed by atoms with van der Waals surface area (Å²) in [6.07, 6.45) is 1.60. The topological polar surface area (TPSA) is 109 Å². The van der Waals surface area contributed by atoms with Crippen LogP contribution in [0.5, 0.6) is 0 Å². The van der Waals surface area contributed by atoms with Gasteiger partial charge in [0.05, 0.1) is 22.7 Å². The Kier molecular flexibility index (Phi) is 4.21. The molecule has 2 rings (SSSR count). The van der Waals surface area contributed by atoms with Gasteiger partial charge in [-0.3, -0.25) is 4.98 Å². The van der Waals surface area contributed by atoms with Gasteiger partial charge in [0.1, 0.15) is 6.07 Å². The number of nitrogen functional groups attached to an aromatic ring is 1. The second-order valence-electron chi connectivity index (χ2n) is 4.46. The van der Waals surface area contributed by atoms with Crippen LogP contribution in [-0.4, -0.2) is 13.4 Å². The smallest absolute Gasteiger partial charge is 0.242 e. The number of nitrogens with zero attached hydrogens (tertiary/aromatic N) is 2. The molecule has 108 valence electrons. The number of sulfonamides is 1. The highest BCUT2D eigenvalue weighted by molar-refractivity contribution is 7.89. The van der Waals surface area contributed by atoms with Crippen LogP contribution in [0.3, 0.4) is 0 Å². The van der Waals surface area contributed by atoms with Gasteiger partial charge in [-0.15, -0.1) is 0 Å². The summed E-state index contributed by atoms with van der Waals surface area (Å²) >= 11 is 0. The van der Waals surface area contributed by atoms with Crippen molar-refractivity contribution in [1.82, 2.24) is 9.71 Å². The van der Waals surface area contributed by atoms with Gasteiger partial charge < -0.3 is 5.73 Å². The lowest BCUT2D eigenvalue weighted by Crippen LogP contribution is -2.25. The molecule has 1 aromatic carbocycles. The van der Waals surface area contributed by atoms with Crippen molar-refractivity contribution in [2.24, 2.45) is 0 Å². The highest BCUT2D eigenvalue weighted by atomic mass is 32.2. The SMILES string of the molecule is Cc1cccnc1CNS(=O)(=O)c1ccc(N)cc1C#N. The summed E-state index contributed by atoms with van der Waals surface area (Å²) in [6, 6.07) is 9.56. The Balaban J connectivity index is 2.28. The van der Waals surface area contributed by atoms with Crippen molar-refractivity contribution in [3.8, 4) is 6.07 Å². The van der Waals surface area contributed by atoms with E-state index < -0.39 is 10.0 Å². The minimum absolute atomic E-state index is 0.0141. The summed E-state index contributed by atoms with van der Waals surface area (Å²) in [4.78, 5) is 4.03. The van der Waals surface area contributed by atoms with Crippen molar-refractivity contribution in [2.45, 2.75) is 18.4 Å². The van der Waals surface area contributed by atoms with Crippen LogP contribution in [0.4, 0.5) is 5.69 Å². The van der Waals surface area contributed by atoms with Gasteiger partial charge in [-0.2, -0.15) is 5.26 Å². The van der Waals surface area contributed by atoms with E-state index in [0.29, 0.717) is 11.4 Å². The number of benzene rings is 1. The number of hydrogen-bond acceptors (Lipinski definition) is 5. The fourth-order valence-corrected chi connectivity index (χ4v) is 2.94. The Bertz CT molecular complexity index is 810. The van der Waals surface area contributed by atoms with Crippen molar-refractivity contribution in [3.05, 3.63) is 53.3 Å². The molecule has 0 radical (unpaired) electrons. The van der Waals surface area contributed by atoms with Crippen molar-refractivity contribution in [2.75, 3.05) is 5.73 Å². The normalized spacial score (nSPS) is 11.0. The van der Waals surface area contributed by atoms with Crippen molar-refractivity contribution in [1.29, 1.82) is 5.26 Å². The first-order valence-electron chi connectivity index (χ1n) is 6.14. The van der Waals surface area contributed by atoms with E-state index in [1.54, 1.807) is 12.3 Å². The Morgan fingerprint density at radius 1 is 1.38 bits per heavy atom. The zero-order valence-corrected chi connectivity index (χ0v) is 12.2. The van der Waals surface area contributed by atoms with Crippen molar-refractivity contribution >= 4 is 15.7 Å². The third-order valence-corrected chi connectivity index (χ3v) is 4.42. The van der Waals surface area contributed by atoms with Gasteiger partial charge >= 0.3 is 0 Å². The number of aromatic nitrogens is 1. The number of nitriles is 1. The Morgan fingerprint density at radius 2 is 2.14 bits per heavy atom. The first-order valence-corrected chi connectivity index (χ1v) is 7.62. The average molecular weight is 302 g/mol. The number of nitrogens with two attached hydrogens (primary N) is 1. The number of hydrogen-bond donors (Lipinski definition) is 2. The van der Waals surface area contributed by atoms with Crippen LogP contribution in [0.15, 0.2) is 41.4 Å². The lowest BCUT2D eigenvalue weighted by molar-refractivity contribution is 0.580. The highest BCUT2D eigenvalue weighted by Crippen LogP contribution is 2.18. The minimum atomic E-state index is -3.80. The average Bonchev–Trinajstić information content (AvgIpc) is 2.46. The van der Waals surface area contributed by atoms with Crippen LogP contribution < -0.4 is 10.5 Å². The van der Waals surface area contributed by atoms with Crippen LogP contribution in [0.25, 0.3) is 0 Å². The Morgan fingerprint density at radius 3 is 2.81 bits per heavy atom. The van der Waals surface area contributed by atoms with Crippen LogP contribution in [-0.2, 0) is 16.6 Å².